The van der Waals surface area contributed by atoms with E-state index in [-0.39, 0.29) is 11.7 Å². The molecule has 2 rings (SSSR count). The van der Waals surface area contributed by atoms with E-state index in [9.17, 15) is 4.79 Å². The highest BCUT2D eigenvalue weighted by molar-refractivity contribution is 6.02. The van der Waals surface area contributed by atoms with E-state index in [1.54, 1.807) is 6.08 Å². The molecule has 14 heavy (non-hydrogen) atoms. The second-order valence-corrected chi connectivity index (χ2v) is 4.35. The quantitative estimate of drug-likeness (QED) is 0.469. The minimum atomic E-state index is -0.00704. The van der Waals surface area contributed by atoms with Gasteiger partial charge < -0.3 is 4.74 Å². The number of rotatable bonds is 1. The van der Waals surface area contributed by atoms with E-state index in [0.29, 0.717) is 25.0 Å². The minimum absolute atomic E-state index is 0.00704. The summed E-state index contributed by atoms with van der Waals surface area (Å²) in [5.74, 6) is 0.950. The molecule has 0 bridgehead atoms. The first kappa shape index (κ1) is 9.66. The van der Waals surface area contributed by atoms with Gasteiger partial charge in [-0.05, 0) is 13.8 Å². The summed E-state index contributed by atoms with van der Waals surface area (Å²) in [7, 11) is 0. The predicted octanol–water partition coefficient (Wildman–Crippen LogP) is 1.97. The van der Waals surface area contributed by atoms with Crippen molar-refractivity contribution in [1.29, 1.82) is 0 Å². The molecule has 2 aliphatic rings. The normalized spacial score (nSPS) is 36.0. The summed E-state index contributed by atoms with van der Waals surface area (Å²) in [5.41, 5.74) is 2.14. The summed E-state index contributed by atoms with van der Waals surface area (Å²) < 4.78 is 5.44. The SMILES string of the molecule is C=C[C@@H]1C(=O)C(=C(C)C)C2COCC21. The van der Waals surface area contributed by atoms with Gasteiger partial charge in [0.15, 0.2) is 5.78 Å². The molecule has 1 saturated heterocycles. The third-order valence-corrected chi connectivity index (χ3v) is 3.32. The van der Waals surface area contributed by atoms with Crippen molar-refractivity contribution in [3.63, 3.8) is 0 Å². The van der Waals surface area contributed by atoms with E-state index in [2.05, 4.69) is 6.58 Å². The fourth-order valence-corrected chi connectivity index (χ4v) is 2.68. The number of hydrogen-bond acceptors (Lipinski definition) is 2. The molecule has 0 amide bonds. The Bertz CT molecular complexity index is 310. The maximum Gasteiger partial charge on any atom is 0.166 e. The van der Waals surface area contributed by atoms with Crippen LogP contribution in [0.4, 0.5) is 0 Å². The standard InChI is InChI=1S/C12H16O2/c1-4-8-9-5-14-6-10(9)11(7(2)3)12(8)13/h4,8-10H,1,5-6H2,2-3H3/t8-,9?,10?/m0/s1. The first-order valence-corrected chi connectivity index (χ1v) is 5.08. The Morgan fingerprint density at radius 2 is 2.21 bits per heavy atom. The molecular weight excluding hydrogens is 176 g/mol. The first-order valence-electron chi connectivity index (χ1n) is 5.08. The molecule has 2 heteroatoms. The molecule has 0 spiro atoms. The summed E-state index contributed by atoms with van der Waals surface area (Å²) >= 11 is 0. The first-order chi connectivity index (χ1) is 6.66. The molecule has 0 aromatic carbocycles. The Labute approximate surface area is 84.6 Å². The Hall–Kier alpha value is -0.890. The molecule has 2 fully saturated rings. The lowest BCUT2D eigenvalue weighted by Gasteiger charge is -2.09. The van der Waals surface area contributed by atoms with Gasteiger partial charge in [-0.1, -0.05) is 11.6 Å². The van der Waals surface area contributed by atoms with E-state index in [0.717, 1.165) is 11.1 Å². The topological polar surface area (TPSA) is 26.3 Å². The minimum Gasteiger partial charge on any atom is -0.380 e. The predicted molar refractivity (Wildman–Crippen MR) is 54.9 cm³/mol. The van der Waals surface area contributed by atoms with Crippen molar-refractivity contribution in [3.8, 4) is 0 Å². The van der Waals surface area contributed by atoms with Crippen molar-refractivity contribution in [2.45, 2.75) is 13.8 Å². The number of Topliss-reactive ketones (excluding diaryl/α,β-unsaturated/α-hetero) is 1. The van der Waals surface area contributed by atoms with Crippen molar-refractivity contribution in [1.82, 2.24) is 0 Å². The van der Waals surface area contributed by atoms with Gasteiger partial charge in [-0.2, -0.15) is 0 Å². The van der Waals surface area contributed by atoms with Crippen molar-refractivity contribution >= 4 is 5.78 Å². The molecule has 1 heterocycles. The highest BCUT2D eigenvalue weighted by Crippen LogP contribution is 2.44. The third kappa shape index (κ3) is 1.17. The second-order valence-electron chi connectivity index (χ2n) is 4.35. The molecule has 1 aliphatic carbocycles. The Kier molecular flexibility index (Phi) is 2.31. The molecule has 1 saturated carbocycles. The van der Waals surface area contributed by atoms with Gasteiger partial charge in [-0.3, -0.25) is 4.79 Å². The van der Waals surface area contributed by atoms with Crippen molar-refractivity contribution in [2.75, 3.05) is 13.2 Å². The van der Waals surface area contributed by atoms with Gasteiger partial charge in [-0.25, -0.2) is 0 Å². The average molecular weight is 192 g/mol. The summed E-state index contributed by atoms with van der Waals surface area (Å²) in [4.78, 5) is 12.0. The van der Waals surface area contributed by atoms with Gasteiger partial charge in [0.2, 0.25) is 0 Å². The second kappa shape index (κ2) is 3.35. The third-order valence-electron chi connectivity index (χ3n) is 3.32. The summed E-state index contributed by atoms with van der Waals surface area (Å²) in [5, 5.41) is 0. The highest BCUT2D eigenvalue weighted by atomic mass is 16.5. The number of carbonyl (C=O) groups excluding carboxylic acids is 1. The molecule has 1 aliphatic heterocycles. The zero-order valence-corrected chi connectivity index (χ0v) is 8.75. The van der Waals surface area contributed by atoms with Crippen LogP contribution in [0.5, 0.6) is 0 Å². The van der Waals surface area contributed by atoms with Crippen molar-refractivity contribution in [3.05, 3.63) is 23.8 Å². The number of ether oxygens (including phenoxy) is 1. The van der Waals surface area contributed by atoms with Crippen LogP contribution in [0, 0.1) is 17.8 Å². The summed E-state index contributed by atoms with van der Waals surface area (Å²) in [6, 6.07) is 0. The zero-order chi connectivity index (χ0) is 10.3. The fraction of sp³-hybridized carbons (Fsp3) is 0.583. The van der Waals surface area contributed by atoms with E-state index in [4.69, 9.17) is 4.74 Å². The van der Waals surface area contributed by atoms with E-state index in [1.807, 2.05) is 13.8 Å². The van der Waals surface area contributed by atoms with Crippen LogP contribution in [0.3, 0.4) is 0 Å². The zero-order valence-electron chi connectivity index (χ0n) is 8.75. The number of fused-ring (bicyclic) bond motifs is 1. The lowest BCUT2D eigenvalue weighted by atomic mass is 9.91. The van der Waals surface area contributed by atoms with E-state index < -0.39 is 0 Å². The van der Waals surface area contributed by atoms with Crippen LogP contribution in [-0.4, -0.2) is 19.0 Å². The lowest BCUT2D eigenvalue weighted by Crippen LogP contribution is -2.14. The monoisotopic (exact) mass is 192 g/mol. The number of allylic oxidation sites excluding steroid dienone is 2. The molecule has 2 unspecified atom stereocenters. The van der Waals surface area contributed by atoms with Gasteiger partial charge >= 0.3 is 0 Å². The van der Waals surface area contributed by atoms with Crippen molar-refractivity contribution < 1.29 is 9.53 Å². The molecule has 3 atom stereocenters. The number of carbonyl (C=O) groups is 1. The van der Waals surface area contributed by atoms with Crippen LogP contribution in [-0.2, 0) is 9.53 Å². The summed E-state index contributed by atoms with van der Waals surface area (Å²) in [6.07, 6.45) is 1.78. The molecular formula is C12H16O2. The molecule has 0 radical (unpaired) electrons. The maximum absolute atomic E-state index is 12.0. The van der Waals surface area contributed by atoms with E-state index in [1.165, 1.54) is 0 Å². The molecule has 0 aromatic rings. The Morgan fingerprint density at radius 3 is 2.79 bits per heavy atom. The van der Waals surface area contributed by atoms with Crippen LogP contribution < -0.4 is 0 Å². The average Bonchev–Trinajstić information content (AvgIpc) is 2.62. The largest absolute Gasteiger partial charge is 0.380 e. The van der Waals surface area contributed by atoms with Gasteiger partial charge in [-0.15, -0.1) is 6.58 Å². The van der Waals surface area contributed by atoms with Crippen LogP contribution >= 0.6 is 0 Å². The van der Waals surface area contributed by atoms with Crippen LogP contribution in [0.2, 0.25) is 0 Å². The van der Waals surface area contributed by atoms with Crippen LogP contribution in [0.15, 0.2) is 23.8 Å². The lowest BCUT2D eigenvalue weighted by molar-refractivity contribution is -0.117. The van der Waals surface area contributed by atoms with Crippen LogP contribution in [0.1, 0.15) is 13.8 Å². The van der Waals surface area contributed by atoms with Crippen molar-refractivity contribution in [2.24, 2.45) is 17.8 Å². The smallest absolute Gasteiger partial charge is 0.166 e. The maximum atomic E-state index is 12.0. The van der Waals surface area contributed by atoms with Crippen LogP contribution in [0.25, 0.3) is 0 Å². The Balaban J connectivity index is 2.42. The van der Waals surface area contributed by atoms with E-state index >= 15 is 0 Å². The molecule has 0 N–H and O–H groups in total. The number of ketones is 1. The van der Waals surface area contributed by atoms with Gasteiger partial charge in [0, 0.05) is 23.3 Å². The Morgan fingerprint density at radius 1 is 1.50 bits per heavy atom. The number of hydrogen-bond donors (Lipinski definition) is 0. The molecule has 76 valence electrons. The summed E-state index contributed by atoms with van der Waals surface area (Å²) in [6.45, 7) is 9.19. The molecule has 2 nitrogen and oxygen atoms in total. The molecule has 0 aromatic heterocycles. The fourth-order valence-electron chi connectivity index (χ4n) is 2.68. The highest BCUT2D eigenvalue weighted by Gasteiger charge is 2.48. The van der Waals surface area contributed by atoms with Gasteiger partial charge in [0.25, 0.3) is 0 Å². The van der Waals surface area contributed by atoms with Gasteiger partial charge in [0.05, 0.1) is 13.2 Å². The van der Waals surface area contributed by atoms with Gasteiger partial charge in [0.1, 0.15) is 0 Å².